The summed E-state index contributed by atoms with van der Waals surface area (Å²) in [6.45, 7) is 3.96. The first-order chi connectivity index (χ1) is 14.0. The molecule has 2 saturated heterocycles. The molecule has 1 aromatic rings. The number of guanidine groups is 1. The van der Waals surface area contributed by atoms with E-state index in [0.717, 1.165) is 64.4 Å². The maximum Gasteiger partial charge on any atom is 0.243 e. The third-order valence-electron chi connectivity index (χ3n) is 6.83. The number of likely N-dealkylation sites (tertiary alicyclic amines) is 1. The molecule has 6 heteroatoms. The van der Waals surface area contributed by atoms with Crippen molar-refractivity contribution in [3.63, 3.8) is 0 Å². The molecule has 2 fully saturated rings. The van der Waals surface area contributed by atoms with E-state index in [-0.39, 0.29) is 12.5 Å². The van der Waals surface area contributed by atoms with Gasteiger partial charge in [-0.1, -0.05) is 24.3 Å². The van der Waals surface area contributed by atoms with Crippen LogP contribution in [0.15, 0.2) is 29.3 Å². The Bertz CT molecular complexity index is 755. The van der Waals surface area contributed by atoms with E-state index >= 15 is 0 Å². The summed E-state index contributed by atoms with van der Waals surface area (Å²) < 4.78 is 5.60. The van der Waals surface area contributed by atoms with Crippen molar-refractivity contribution in [2.24, 2.45) is 10.4 Å². The van der Waals surface area contributed by atoms with Crippen molar-refractivity contribution in [3.8, 4) is 0 Å². The first kappa shape index (κ1) is 20.2. The Morgan fingerprint density at radius 2 is 2.00 bits per heavy atom. The van der Waals surface area contributed by atoms with Crippen LogP contribution in [0, 0.1) is 5.41 Å². The van der Waals surface area contributed by atoms with Crippen molar-refractivity contribution in [3.05, 3.63) is 35.4 Å². The summed E-state index contributed by atoms with van der Waals surface area (Å²) in [5, 5.41) is 3.73. The molecule has 0 bridgehead atoms. The molecule has 1 unspecified atom stereocenters. The van der Waals surface area contributed by atoms with Crippen molar-refractivity contribution in [2.45, 2.75) is 44.6 Å². The number of hydrogen-bond donors (Lipinski definition) is 1. The van der Waals surface area contributed by atoms with E-state index < -0.39 is 0 Å². The van der Waals surface area contributed by atoms with Crippen LogP contribution in [-0.2, 0) is 22.4 Å². The lowest BCUT2D eigenvalue weighted by molar-refractivity contribution is -0.127. The predicted molar refractivity (Wildman–Crippen MR) is 115 cm³/mol. The number of ether oxygens (including phenoxy) is 1. The molecule has 1 atom stereocenters. The fourth-order valence-corrected chi connectivity index (χ4v) is 4.85. The third-order valence-corrected chi connectivity index (χ3v) is 6.83. The van der Waals surface area contributed by atoms with Gasteiger partial charge >= 0.3 is 0 Å². The molecule has 1 spiro atoms. The Morgan fingerprint density at radius 3 is 2.76 bits per heavy atom. The van der Waals surface area contributed by atoms with Crippen LogP contribution in [0.4, 0.5) is 0 Å². The SMILES string of the molecule is CN(C)C(=O)CN=C(NC1CCc2ccccc2C1)N1CCC2(CCOCC2)C1. The number of rotatable bonds is 3. The molecule has 4 rings (SSSR count). The molecule has 2 aliphatic heterocycles. The summed E-state index contributed by atoms with van der Waals surface area (Å²) in [6, 6.07) is 9.10. The van der Waals surface area contributed by atoms with Crippen LogP contribution in [0.5, 0.6) is 0 Å². The van der Waals surface area contributed by atoms with Crippen LogP contribution in [0.25, 0.3) is 0 Å². The van der Waals surface area contributed by atoms with Gasteiger partial charge in [0, 0.05) is 46.4 Å². The molecular formula is C23H34N4O2. The van der Waals surface area contributed by atoms with E-state index in [1.165, 1.54) is 17.5 Å². The number of hydrogen-bond acceptors (Lipinski definition) is 3. The molecule has 29 heavy (non-hydrogen) atoms. The number of carbonyl (C=O) groups is 1. The first-order valence-corrected chi connectivity index (χ1v) is 11.0. The van der Waals surface area contributed by atoms with Gasteiger partial charge in [0.1, 0.15) is 6.54 Å². The normalized spacial score (nSPS) is 23.7. The molecule has 0 saturated carbocycles. The average molecular weight is 399 g/mol. The minimum Gasteiger partial charge on any atom is -0.381 e. The minimum atomic E-state index is 0.0401. The fraction of sp³-hybridized carbons (Fsp3) is 0.652. The molecule has 1 aliphatic carbocycles. The monoisotopic (exact) mass is 398 g/mol. The lowest BCUT2D eigenvalue weighted by Gasteiger charge is -2.34. The number of nitrogens with zero attached hydrogens (tertiary/aromatic N) is 3. The van der Waals surface area contributed by atoms with E-state index in [0.29, 0.717) is 11.5 Å². The van der Waals surface area contributed by atoms with Crippen LogP contribution in [0.1, 0.15) is 36.8 Å². The Labute approximate surface area is 174 Å². The van der Waals surface area contributed by atoms with E-state index in [4.69, 9.17) is 9.73 Å². The van der Waals surface area contributed by atoms with Crippen molar-refractivity contribution in [1.29, 1.82) is 0 Å². The van der Waals surface area contributed by atoms with Gasteiger partial charge in [0.2, 0.25) is 5.91 Å². The van der Waals surface area contributed by atoms with Crippen molar-refractivity contribution in [1.82, 2.24) is 15.1 Å². The van der Waals surface area contributed by atoms with Gasteiger partial charge in [0.05, 0.1) is 0 Å². The highest BCUT2D eigenvalue weighted by Crippen LogP contribution is 2.39. The number of aliphatic imine (C=N–C) groups is 1. The van der Waals surface area contributed by atoms with E-state index in [1.807, 2.05) is 0 Å². The smallest absolute Gasteiger partial charge is 0.243 e. The van der Waals surface area contributed by atoms with Crippen molar-refractivity contribution < 1.29 is 9.53 Å². The largest absolute Gasteiger partial charge is 0.381 e. The van der Waals surface area contributed by atoms with Gasteiger partial charge in [-0.3, -0.25) is 4.79 Å². The number of aryl methyl sites for hydroxylation is 1. The second-order valence-corrected chi connectivity index (χ2v) is 9.06. The molecule has 158 valence electrons. The summed E-state index contributed by atoms with van der Waals surface area (Å²) in [5.74, 6) is 0.950. The average Bonchev–Trinajstić information content (AvgIpc) is 3.14. The maximum atomic E-state index is 12.2. The van der Waals surface area contributed by atoms with Gasteiger partial charge < -0.3 is 19.9 Å². The summed E-state index contributed by atoms with van der Waals surface area (Å²) >= 11 is 0. The van der Waals surface area contributed by atoms with Crippen LogP contribution in [-0.4, -0.2) is 74.7 Å². The summed E-state index contributed by atoms with van der Waals surface area (Å²) in [6.07, 6.45) is 6.66. The van der Waals surface area contributed by atoms with Gasteiger partial charge in [0.25, 0.3) is 0 Å². The quantitative estimate of drug-likeness (QED) is 0.626. The van der Waals surface area contributed by atoms with Gasteiger partial charge in [0.15, 0.2) is 5.96 Å². The zero-order valence-electron chi connectivity index (χ0n) is 17.8. The molecule has 3 aliphatic rings. The molecule has 0 radical (unpaired) electrons. The second-order valence-electron chi connectivity index (χ2n) is 9.06. The number of carbonyl (C=O) groups excluding carboxylic acids is 1. The summed E-state index contributed by atoms with van der Waals surface area (Å²) in [7, 11) is 3.58. The number of fused-ring (bicyclic) bond motifs is 1. The van der Waals surface area contributed by atoms with E-state index in [1.54, 1.807) is 19.0 Å². The van der Waals surface area contributed by atoms with Gasteiger partial charge in [-0.25, -0.2) is 4.99 Å². The fourth-order valence-electron chi connectivity index (χ4n) is 4.85. The lowest BCUT2D eigenvalue weighted by atomic mass is 9.80. The first-order valence-electron chi connectivity index (χ1n) is 11.0. The molecule has 1 aromatic carbocycles. The predicted octanol–water partition coefficient (Wildman–Crippen LogP) is 2.08. The Kier molecular flexibility index (Phi) is 6.09. The lowest BCUT2D eigenvalue weighted by Crippen LogP contribution is -2.48. The Balaban J connectivity index is 1.47. The number of nitrogens with one attached hydrogen (secondary N) is 1. The van der Waals surface area contributed by atoms with Gasteiger partial charge in [-0.05, 0) is 55.1 Å². The Hall–Kier alpha value is -2.08. The molecule has 2 heterocycles. The highest BCUT2D eigenvalue weighted by Gasteiger charge is 2.40. The molecular weight excluding hydrogens is 364 g/mol. The highest BCUT2D eigenvalue weighted by molar-refractivity contribution is 5.85. The van der Waals surface area contributed by atoms with Crippen LogP contribution in [0.2, 0.25) is 0 Å². The maximum absolute atomic E-state index is 12.2. The van der Waals surface area contributed by atoms with Gasteiger partial charge in [-0.15, -0.1) is 0 Å². The van der Waals surface area contributed by atoms with Crippen LogP contribution >= 0.6 is 0 Å². The highest BCUT2D eigenvalue weighted by atomic mass is 16.5. The van der Waals surface area contributed by atoms with Gasteiger partial charge in [-0.2, -0.15) is 0 Å². The van der Waals surface area contributed by atoms with Crippen molar-refractivity contribution in [2.75, 3.05) is 46.9 Å². The topological polar surface area (TPSA) is 57.2 Å². The minimum absolute atomic E-state index is 0.0401. The zero-order chi connectivity index (χ0) is 20.3. The summed E-state index contributed by atoms with van der Waals surface area (Å²) in [4.78, 5) is 20.9. The zero-order valence-corrected chi connectivity index (χ0v) is 17.8. The molecule has 1 amide bonds. The molecule has 0 aromatic heterocycles. The second kappa shape index (κ2) is 8.74. The number of amides is 1. The number of likely N-dealkylation sites (N-methyl/N-ethyl adjacent to an activating group) is 1. The van der Waals surface area contributed by atoms with E-state index in [9.17, 15) is 4.79 Å². The molecule has 1 N–H and O–H groups in total. The van der Waals surface area contributed by atoms with Crippen LogP contribution in [0.3, 0.4) is 0 Å². The standard InChI is InChI=1S/C23H34N4O2/c1-26(2)21(28)16-24-22(27-12-9-23(17-27)10-13-29-14-11-23)25-20-8-7-18-5-3-4-6-19(18)15-20/h3-6,20H,7-17H2,1-2H3,(H,24,25). The summed E-state index contributed by atoms with van der Waals surface area (Å²) in [5.41, 5.74) is 3.25. The van der Waals surface area contributed by atoms with Crippen molar-refractivity contribution >= 4 is 11.9 Å². The molecule has 6 nitrogen and oxygen atoms in total. The Morgan fingerprint density at radius 1 is 1.24 bits per heavy atom. The van der Waals surface area contributed by atoms with Crippen LogP contribution < -0.4 is 5.32 Å². The van der Waals surface area contributed by atoms with E-state index in [2.05, 4.69) is 34.5 Å². The third kappa shape index (κ3) is 4.74. The number of benzene rings is 1.